The third kappa shape index (κ3) is 7.29. The Balaban J connectivity index is 1.43. The van der Waals surface area contributed by atoms with Crippen LogP contribution in [0.5, 0.6) is 0 Å². The molecule has 1 N–H and O–H groups in total. The van der Waals surface area contributed by atoms with Gasteiger partial charge in [0.2, 0.25) is 0 Å². The molecule has 0 aliphatic carbocycles. The molecule has 0 aliphatic rings. The van der Waals surface area contributed by atoms with Crippen molar-refractivity contribution in [3.8, 4) is 0 Å². The molecule has 0 amide bonds. The van der Waals surface area contributed by atoms with E-state index in [1.165, 1.54) is 0 Å². The van der Waals surface area contributed by atoms with Gasteiger partial charge in [0.15, 0.2) is 0 Å². The average molecular weight is 532 g/mol. The summed E-state index contributed by atoms with van der Waals surface area (Å²) in [4.78, 5) is 12.6. The molecule has 0 aliphatic heterocycles. The van der Waals surface area contributed by atoms with Crippen LogP contribution in [0.15, 0.2) is 60.7 Å². The molecule has 1 atom stereocenters. The predicted octanol–water partition coefficient (Wildman–Crippen LogP) is 4.86. The zero-order chi connectivity index (χ0) is 27.6. The van der Waals surface area contributed by atoms with Gasteiger partial charge in [-0.25, -0.2) is 4.68 Å². The van der Waals surface area contributed by atoms with Crippen molar-refractivity contribution in [2.45, 2.75) is 52.9 Å². The zero-order valence-electron chi connectivity index (χ0n) is 22.9. The van der Waals surface area contributed by atoms with E-state index in [0.717, 1.165) is 44.4 Å². The summed E-state index contributed by atoms with van der Waals surface area (Å²) in [6.45, 7) is 8.71. The molecule has 1 heterocycles. The Morgan fingerprint density at radius 1 is 1.00 bits per heavy atom. The molecule has 0 fully saturated rings. The van der Waals surface area contributed by atoms with Gasteiger partial charge >= 0.3 is 5.97 Å². The van der Waals surface area contributed by atoms with Crippen LogP contribution in [0.25, 0.3) is 11.0 Å². The first kappa shape index (κ1) is 28.4. The molecule has 3 aromatic carbocycles. The van der Waals surface area contributed by atoms with Gasteiger partial charge in [-0.2, -0.15) is 0 Å². The van der Waals surface area contributed by atoms with E-state index in [2.05, 4.69) is 10.3 Å². The Morgan fingerprint density at radius 2 is 1.79 bits per heavy atom. The largest absolute Gasteiger partial charge is 0.466 e. The van der Waals surface area contributed by atoms with Crippen molar-refractivity contribution in [3.63, 3.8) is 0 Å². The highest BCUT2D eigenvalue weighted by Crippen LogP contribution is 2.34. The second kappa shape index (κ2) is 14.0. The van der Waals surface area contributed by atoms with Crippen LogP contribution in [-0.2, 0) is 38.8 Å². The molecular formula is C31H37N3O5. The van der Waals surface area contributed by atoms with E-state index in [9.17, 15) is 9.90 Å². The number of nitrogens with zero attached hydrogens (tertiary/aromatic N) is 3. The fourth-order valence-corrected chi connectivity index (χ4v) is 4.73. The first-order chi connectivity index (χ1) is 19.0. The van der Waals surface area contributed by atoms with Gasteiger partial charge in [0.25, 0.3) is 0 Å². The van der Waals surface area contributed by atoms with Gasteiger partial charge in [0.1, 0.15) is 5.52 Å². The van der Waals surface area contributed by atoms with Crippen molar-refractivity contribution in [2.75, 3.05) is 26.4 Å². The number of aromatic nitrogens is 3. The topological polar surface area (TPSA) is 95.7 Å². The third-order valence-electron chi connectivity index (χ3n) is 6.91. The van der Waals surface area contributed by atoms with E-state index in [0.29, 0.717) is 39.6 Å². The smallest absolute Gasteiger partial charge is 0.306 e. The molecule has 4 aromatic rings. The molecule has 8 nitrogen and oxygen atoms in total. The van der Waals surface area contributed by atoms with Crippen LogP contribution in [0.4, 0.5) is 0 Å². The minimum absolute atomic E-state index is 0.0562. The van der Waals surface area contributed by atoms with Crippen molar-refractivity contribution < 1.29 is 24.1 Å². The number of hydrogen-bond donors (Lipinski definition) is 1. The highest BCUT2D eigenvalue weighted by Gasteiger charge is 2.23. The minimum atomic E-state index is -0.262. The van der Waals surface area contributed by atoms with E-state index >= 15 is 0 Å². The van der Waals surface area contributed by atoms with Crippen LogP contribution in [-0.4, -0.2) is 52.5 Å². The summed E-state index contributed by atoms with van der Waals surface area (Å²) < 4.78 is 18.6. The molecule has 1 aromatic heterocycles. The summed E-state index contributed by atoms with van der Waals surface area (Å²) in [5, 5.41) is 18.6. The van der Waals surface area contributed by atoms with Gasteiger partial charge in [0, 0.05) is 5.92 Å². The monoisotopic (exact) mass is 531 g/mol. The van der Waals surface area contributed by atoms with Crippen molar-refractivity contribution >= 4 is 17.0 Å². The number of aliphatic hydroxyl groups excluding tert-OH is 1. The van der Waals surface area contributed by atoms with Gasteiger partial charge in [-0.1, -0.05) is 59.8 Å². The average Bonchev–Trinajstić information content (AvgIpc) is 3.36. The standard InChI is InChI=1S/C31H37N3O5/c1-4-39-30(36)19-28(25-11-10-22(2)26(18-25)20-35)27-12-13-29-31(23(27)3)32-33-34(29)14-15-37-16-17-38-21-24-8-6-5-7-9-24/h5-13,18,28,35H,4,14-17,19-21H2,1-3H3. The molecule has 1 unspecified atom stereocenters. The molecular weight excluding hydrogens is 494 g/mol. The Hall–Kier alpha value is -3.59. The zero-order valence-corrected chi connectivity index (χ0v) is 22.9. The summed E-state index contributed by atoms with van der Waals surface area (Å²) in [5.74, 6) is -0.495. The quantitative estimate of drug-likeness (QED) is 0.183. The first-order valence-corrected chi connectivity index (χ1v) is 13.4. The molecule has 8 heteroatoms. The normalized spacial score (nSPS) is 12.1. The molecule has 39 heavy (non-hydrogen) atoms. The maximum Gasteiger partial charge on any atom is 0.306 e. The van der Waals surface area contributed by atoms with E-state index in [-0.39, 0.29) is 24.9 Å². The number of rotatable bonds is 14. The molecule has 0 spiro atoms. The highest BCUT2D eigenvalue weighted by molar-refractivity contribution is 5.80. The van der Waals surface area contributed by atoms with Crippen LogP contribution in [0.3, 0.4) is 0 Å². The van der Waals surface area contributed by atoms with Crippen molar-refractivity contribution in [3.05, 3.63) is 94.0 Å². The van der Waals surface area contributed by atoms with Crippen LogP contribution in [0.1, 0.15) is 52.6 Å². The maximum atomic E-state index is 12.6. The van der Waals surface area contributed by atoms with Gasteiger partial charge in [-0.15, -0.1) is 5.10 Å². The minimum Gasteiger partial charge on any atom is -0.466 e. The highest BCUT2D eigenvalue weighted by atomic mass is 16.5. The fraction of sp³-hybridized carbons (Fsp3) is 0.387. The molecule has 206 valence electrons. The summed E-state index contributed by atoms with van der Waals surface area (Å²) in [6.07, 6.45) is 0.197. The number of esters is 1. The fourth-order valence-electron chi connectivity index (χ4n) is 4.73. The number of aryl methyl sites for hydroxylation is 2. The van der Waals surface area contributed by atoms with Crippen molar-refractivity contribution in [2.24, 2.45) is 0 Å². The number of benzene rings is 3. The van der Waals surface area contributed by atoms with Crippen LogP contribution >= 0.6 is 0 Å². The van der Waals surface area contributed by atoms with E-state index in [1.807, 2.05) is 79.2 Å². The molecule has 4 rings (SSSR count). The first-order valence-electron chi connectivity index (χ1n) is 13.4. The van der Waals surface area contributed by atoms with E-state index in [4.69, 9.17) is 14.2 Å². The number of hydrogen-bond acceptors (Lipinski definition) is 7. The lowest BCUT2D eigenvalue weighted by Gasteiger charge is -2.21. The Kier molecular flexibility index (Phi) is 10.2. The van der Waals surface area contributed by atoms with E-state index in [1.54, 1.807) is 6.92 Å². The van der Waals surface area contributed by atoms with Crippen LogP contribution in [0.2, 0.25) is 0 Å². The second-order valence-corrected chi connectivity index (χ2v) is 9.52. The summed E-state index contributed by atoms with van der Waals surface area (Å²) >= 11 is 0. The number of ether oxygens (including phenoxy) is 3. The summed E-state index contributed by atoms with van der Waals surface area (Å²) in [7, 11) is 0. The van der Waals surface area contributed by atoms with Crippen molar-refractivity contribution in [1.29, 1.82) is 0 Å². The number of aliphatic hydroxyl groups is 1. The number of carbonyl (C=O) groups excluding carboxylic acids is 1. The van der Waals surface area contributed by atoms with Crippen LogP contribution < -0.4 is 0 Å². The van der Waals surface area contributed by atoms with Gasteiger partial charge in [-0.3, -0.25) is 4.79 Å². The number of carbonyl (C=O) groups is 1. The Bertz CT molecular complexity index is 1370. The molecule has 0 saturated heterocycles. The molecule has 0 radical (unpaired) electrons. The Morgan fingerprint density at radius 3 is 2.56 bits per heavy atom. The van der Waals surface area contributed by atoms with Crippen molar-refractivity contribution in [1.82, 2.24) is 15.0 Å². The Labute approximate surface area is 229 Å². The van der Waals surface area contributed by atoms with Crippen LogP contribution in [0, 0.1) is 13.8 Å². The number of fused-ring (bicyclic) bond motifs is 1. The maximum absolute atomic E-state index is 12.6. The molecule has 0 bridgehead atoms. The molecule has 0 saturated carbocycles. The second-order valence-electron chi connectivity index (χ2n) is 9.52. The SMILES string of the molecule is CCOC(=O)CC(c1ccc(C)c(CO)c1)c1ccc2c(nnn2CCOCCOCc2ccccc2)c1C. The lowest BCUT2D eigenvalue weighted by molar-refractivity contribution is -0.143. The lowest BCUT2D eigenvalue weighted by atomic mass is 9.84. The summed E-state index contributed by atoms with van der Waals surface area (Å²) in [5.41, 5.74) is 7.61. The van der Waals surface area contributed by atoms with Gasteiger partial charge in [-0.05, 0) is 60.2 Å². The predicted molar refractivity (Wildman–Crippen MR) is 149 cm³/mol. The lowest BCUT2D eigenvalue weighted by Crippen LogP contribution is -2.13. The summed E-state index contributed by atoms with van der Waals surface area (Å²) in [6, 6.07) is 20.1. The van der Waals surface area contributed by atoms with E-state index < -0.39 is 0 Å². The third-order valence-corrected chi connectivity index (χ3v) is 6.91. The van der Waals surface area contributed by atoms with Gasteiger partial charge < -0.3 is 19.3 Å². The van der Waals surface area contributed by atoms with Gasteiger partial charge in [0.05, 0.1) is 58.1 Å².